The molecule has 0 aliphatic heterocycles. The standard InChI is InChI=1S/C15H13N3O3S2/c1-8-9(2)23-14(11(8)6-16)18-12(19)7-22-13-10(15(20)21)4-3-5-17-13/h3-5H,7H2,1-2H3,(H,18,19)(H,20,21). The average Bonchev–Trinajstić information content (AvgIpc) is 2.79. The molecule has 1 amide bonds. The lowest BCUT2D eigenvalue weighted by molar-refractivity contribution is -0.113. The summed E-state index contributed by atoms with van der Waals surface area (Å²) in [5, 5.41) is 21.7. The summed E-state index contributed by atoms with van der Waals surface area (Å²) in [7, 11) is 0. The smallest absolute Gasteiger partial charge is 0.338 e. The number of thiophene rings is 1. The molecule has 0 fully saturated rings. The van der Waals surface area contributed by atoms with Crippen LogP contribution in [0.25, 0.3) is 0 Å². The van der Waals surface area contributed by atoms with E-state index in [-0.39, 0.29) is 22.2 Å². The van der Waals surface area contributed by atoms with Crippen LogP contribution >= 0.6 is 23.1 Å². The van der Waals surface area contributed by atoms with Gasteiger partial charge in [0.15, 0.2) is 0 Å². The quantitative estimate of drug-likeness (QED) is 0.806. The number of carboxylic acids is 1. The van der Waals surface area contributed by atoms with E-state index in [1.165, 1.54) is 29.7 Å². The van der Waals surface area contributed by atoms with Gasteiger partial charge in [0.25, 0.3) is 0 Å². The Morgan fingerprint density at radius 2 is 2.22 bits per heavy atom. The van der Waals surface area contributed by atoms with Crippen molar-refractivity contribution >= 4 is 40.0 Å². The van der Waals surface area contributed by atoms with E-state index in [1.807, 2.05) is 13.8 Å². The van der Waals surface area contributed by atoms with E-state index in [4.69, 9.17) is 10.4 Å². The predicted molar refractivity (Wildman–Crippen MR) is 89.1 cm³/mol. The van der Waals surface area contributed by atoms with Crippen LogP contribution in [-0.4, -0.2) is 27.7 Å². The third-order valence-electron chi connectivity index (χ3n) is 3.09. The fourth-order valence-electron chi connectivity index (χ4n) is 1.81. The Bertz CT molecular complexity index is 809. The zero-order chi connectivity index (χ0) is 17.0. The maximum atomic E-state index is 12.0. The van der Waals surface area contributed by atoms with Crippen molar-refractivity contribution in [2.45, 2.75) is 18.9 Å². The van der Waals surface area contributed by atoms with E-state index in [2.05, 4.69) is 16.4 Å². The second-order valence-electron chi connectivity index (χ2n) is 4.60. The highest BCUT2D eigenvalue weighted by molar-refractivity contribution is 8.00. The van der Waals surface area contributed by atoms with Crippen LogP contribution < -0.4 is 5.32 Å². The summed E-state index contributed by atoms with van der Waals surface area (Å²) in [6.07, 6.45) is 1.48. The van der Waals surface area contributed by atoms with Gasteiger partial charge in [-0.1, -0.05) is 11.8 Å². The zero-order valence-corrected chi connectivity index (χ0v) is 14.0. The Labute approximate surface area is 141 Å². The fourth-order valence-corrected chi connectivity index (χ4v) is 3.63. The number of carboxylic acid groups (broad SMARTS) is 1. The van der Waals surface area contributed by atoms with Gasteiger partial charge in [0.05, 0.1) is 16.9 Å². The number of anilines is 1. The van der Waals surface area contributed by atoms with E-state index < -0.39 is 5.97 Å². The largest absolute Gasteiger partial charge is 0.478 e. The number of rotatable bonds is 5. The first kappa shape index (κ1) is 17.0. The lowest BCUT2D eigenvalue weighted by atomic mass is 10.2. The second kappa shape index (κ2) is 7.26. The van der Waals surface area contributed by atoms with Gasteiger partial charge in [-0.15, -0.1) is 11.3 Å². The number of carbonyl (C=O) groups excluding carboxylic acids is 1. The van der Waals surface area contributed by atoms with Crippen molar-refractivity contribution in [2.24, 2.45) is 0 Å². The molecule has 2 heterocycles. The SMILES string of the molecule is Cc1sc(NC(=O)CSc2ncccc2C(=O)O)c(C#N)c1C. The number of aryl methyl sites for hydroxylation is 1. The molecular formula is C15H13N3O3S2. The number of nitrogens with one attached hydrogen (secondary N) is 1. The Balaban J connectivity index is 2.06. The predicted octanol–water partition coefficient (Wildman–Crippen LogP) is 3.06. The molecule has 0 saturated carbocycles. The van der Waals surface area contributed by atoms with Gasteiger partial charge >= 0.3 is 5.97 Å². The molecule has 0 saturated heterocycles. The summed E-state index contributed by atoms with van der Waals surface area (Å²) < 4.78 is 0. The monoisotopic (exact) mass is 347 g/mol. The van der Waals surface area contributed by atoms with Crippen molar-refractivity contribution in [1.82, 2.24) is 4.98 Å². The van der Waals surface area contributed by atoms with Crippen molar-refractivity contribution < 1.29 is 14.7 Å². The lowest BCUT2D eigenvalue weighted by Gasteiger charge is -2.05. The minimum atomic E-state index is -1.09. The van der Waals surface area contributed by atoms with Crippen LogP contribution in [0, 0.1) is 25.2 Å². The first-order valence-electron chi connectivity index (χ1n) is 6.55. The zero-order valence-electron chi connectivity index (χ0n) is 12.4. The first-order chi connectivity index (χ1) is 10.9. The number of nitriles is 1. The van der Waals surface area contributed by atoms with Gasteiger partial charge < -0.3 is 10.4 Å². The number of nitrogens with zero attached hydrogens (tertiary/aromatic N) is 2. The van der Waals surface area contributed by atoms with Crippen LogP contribution in [0.3, 0.4) is 0 Å². The van der Waals surface area contributed by atoms with Crippen molar-refractivity contribution in [3.05, 3.63) is 39.9 Å². The molecule has 0 spiro atoms. The van der Waals surface area contributed by atoms with E-state index in [0.717, 1.165) is 22.2 Å². The molecule has 6 nitrogen and oxygen atoms in total. The van der Waals surface area contributed by atoms with Gasteiger partial charge in [0, 0.05) is 11.1 Å². The molecule has 0 atom stereocenters. The fraction of sp³-hybridized carbons (Fsp3) is 0.200. The van der Waals surface area contributed by atoms with E-state index in [1.54, 1.807) is 0 Å². The maximum absolute atomic E-state index is 12.0. The van der Waals surface area contributed by atoms with Gasteiger partial charge in [-0.2, -0.15) is 5.26 Å². The molecule has 2 rings (SSSR count). The van der Waals surface area contributed by atoms with Gasteiger partial charge in [0.2, 0.25) is 5.91 Å². The average molecular weight is 347 g/mol. The van der Waals surface area contributed by atoms with Gasteiger partial charge in [-0.3, -0.25) is 4.79 Å². The van der Waals surface area contributed by atoms with Crippen molar-refractivity contribution in [3.8, 4) is 6.07 Å². The molecular weight excluding hydrogens is 334 g/mol. The number of hydrogen-bond acceptors (Lipinski definition) is 6. The molecule has 2 aromatic heterocycles. The molecule has 0 aromatic carbocycles. The minimum Gasteiger partial charge on any atom is -0.478 e. The number of carbonyl (C=O) groups is 2. The third kappa shape index (κ3) is 3.88. The Hall–Kier alpha value is -2.37. The molecule has 23 heavy (non-hydrogen) atoms. The summed E-state index contributed by atoms with van der Waals surface area (Å²) in [6, 6.07) is 5.06. The lowest BCUT2D eigenvalue weighted by Crippen LogP contribution is -2.14. The van der Waals surface area contributed by atoms with Crippen LogP contribution in [0.4, 0.5) is 5.00 Å². The highest BCUT2D eigenvalue weighted by atomic mass is 32.2. The molecule has 0 unspecified atom stereocenters. The summed E-state index contributed by atoms with van der Waals surface area (Å²) in [5.41, 5.74) is 1.39. The van der Waals surface area contributed by atoms with Gasteiger partial charge in [-0.05, 0) is 31.5 Å². The van der Waals surface area contributed by atoms with Crippen molar-refractivity contribution in [1.29, 1.82) is 5.26 Å². The summed E-state index contributed by atoms with van der Waals surface area (Å²) in [4.78, 5) is 28.1. The van der Waals surface area contributed by atoms with Crippen LogP contribution in [0.15, 0.2) is 23.4 Å². The summed E-state index contributed by atoms with van der Waals surface area (Å²) >= 11 is 2.40. The highest BCUT2D eigenvalue weighted by Gasteiger charge is 2.16. The Morgan fingerprint density at radius 1 is 1.48 bits per heavy atom. The number of thioether (sulfide) groups is 1. The number of hydrogen-bond donors (Lipinski definition) is 2. The molecule has 0 aliphatic rings. The molecule has 118 valence electrons. The van der Waals surface area contributed by atoms with Crippen LogP contribution in [-0.2, 0) is 4.79 Å². The number of pyridine rings is 1. The van der Waals surface area contributed by atoms with E-state index in [9.17, 15) is 9.59 Å². The molecule has 0 bridgehead atoms. The molecule has 2 aromatic rings. The maximum Gasteiger partial charge on any atom is 0.338 e. The van der Waals surface area contributed by atoms with Crippen LogP contribution in [0.2, 0.25) is 0 Å². The Morgan fingerprint density at radius 3 is 2.87 bits per heavy atom. The topological polar surface area (TPSA) is 103 Å². The van der Waals surface area contributed by atoms with Gasteiger partial charge in [-0.25, -0.2) is 9.78 Å². The summed E-state index contributed by atoms with van der Waals surface area (Å²) in [5.74, 6) is -1.38. The number of aromatic nitrogens is 1. The first-order valence-corrected chi connectivity index (χ1v) is 8.35. The van der Waals surface area contributed by atoms with E-state index in [0.29, 0.717) is 10.6 Å². The van der Waals surface area contributed by atoms with Crippen LogP contribution in [0.1, 0.15) is 26.4 Å². The molecule has 0 aliphatic carbocycles. The number of amides is 1. The molecule has 2 N–H and O–H groups in total. The molecule has 0 radical (unpaired) electrons. The third-order valence-corrected chi connectivity index (χ3v) is 5.22. The van der Waals surface area contributed by atoms with Crippen molar-refractivity contribution in [3.63, 3.8) is 0 Å². The Kier molecular flexibility index (Phi) is 5.36. The second-order valence-corrected chi connectivity index (χ2v) is 6.79. The van der Waals surface area contributed by atoms with E-state index >= 15 is 0 Å². The number of aromatic carboxylic acids is 1. The molecule has 8 heteroatoms. The van der Waals surface area contributed by atoms with Crippen molar-refractivity contribution in [2.75, 3.05) is 11.1 Å². The summed E-state index contributed by atoms with van der Waals surface area (Å²) in [6.45, 7) is 3.72. The van der Waals surface area contributed by atoms with Gasteiger partial charge in [0.1, 0.15) is 16.1 Å². The normalized spacial score (nSPS) is 10.1. The highest BCUT2D eigenvalue weighted by Crippen LogP contribution is 2.32. The minimum absolute atomic E-state index is 0.0121. The van der Waals surface area contributed by atoms with Crippen LogP contribution in [0.5, 0.6) is 0 Å².